The molecule has 0 saturated carbocycles. The molecule has 2 aromatic carbocycles. The minimum atomic E-state index is -0.239. The summed E-state index contributed by atoms with van der Waals surface area (Å²) in [5.41, 5.74) is 2.18. The summed E-state index contributed by atoms with van der Waals surface area (Å²) < 4.78 is 23.8. The van der Waals surface area contributed by atoms with Gasteiger partial charge in [-0.05, 0) is 47.6 Å². The zero-order valence-electron chi connectivity index (χ0n) is 16.0. The number of nitrogens with one attached hydrogen (secondary N) is 2. The van der Waals surface area contributed by atoms with Gasteiger partial charge in [0.05, 0.1) is 26.4 Å². The van der Waals surface area contributed by atoms with E-state index in [1.807, 2.05) is 12.1 Å². The molecule has 1 fully saturated rings. The third-order valence-electron chi connectivity index (χ3n) is 4.81. The third kappa shape index (κ3) is 5.89. The monoisotopic (exact) mass is 403 g/mol. The van der Waals surface area contributed by atoms with E-state index in [4.69, 9.17) is 21.7 Å². The largest absolute Gasteiger partial charge is 0.497 e. The van der Waals surface area contributed by atoms with E-state index in [1.165, 1.54) is 17.7 Å². The van der Waals surface area contributed by atoms with Gasteiger partial charge in [0.15, 0.2) is 5.11 Å². The maximum Gasteiger partial charge on any atom is 0.166 e. The lowest BCUT2D eigenvalue weighted by atomic mass is 10.0. The lowest BCUT2D eigenvalue weighted by molar-refractivity contribution is 0.0170. The fraction of sp³-hybridized carbons (Fsp3) is 0.381. The lowest BCUT2D eigenvalue weighted by Crippen LogP contribution is -2.45. The number of halogens is 1. The number of methoxy groups -OCH3 is 1. The van der Waals surface area contributed by atoms with E-state index in [0.29, 0.717) is 18.2 Å². The van der Waals surface area contributed by atoms with Crippen molar-refractivity contribution in [2.45, 2.75) is 12.6 Å². The first-order chi connectivity index (χ1) is 13.7. The van der Waals surface area contributed by atoms with Crippen molar-refractivity contribution >= 4 is 17.3 Å². The Morgan fingerprint density at radius 1 is 1.11 bits per heavy atom. The number of nitrogens with zero attached hydrogens (tertiary/aromatic N) is 1. The Morgan fingerprint density at radius 3 is 2.43 bits per heavy atom. The molecule has 5 nitrogen and oxygen atoms in total. The van der Waals surface area contributed by atoms with Crippen LogP contribution in [0, 0.1) is 5.82 Å². The summed E-state index contributed by atoms with van der Waals surface area (Å²) in [6.45, 7) is 4.47. The van der Waals surface area contributed by atoms with Crippen LogP contribution >= 0.6 is 12.2 Å². The number of thiocarbonyl (C=S) groups is 1. The molecule has 0 amide bonds. The van der Waals surface area contributed by atoms with E-state index >= 15 is 0 Å². The lowest BCUT2D eigenvalue weighted by Gasteiger charge is -2.35. The Labute approximate surface area is 170 Å². The number of benzene rings is 2. The Bertz CT molecular complexity index is 749. The van der Waals surface area contributed by atoms with E-state index in [9.17, 15) is 4.39 Å². The molecule has 1 atom stereocenters. The number of rotatable bonds is 7. The van der Waals surface area contributed by atoms with E-state index in [2.05, 4.69) is 27.7 Å². The van der Waals surface area contributed by atoms with E-state index < -0.39 is 0 Å². The summed E-state index contributed by atoms with van der Waals surface area (Å²) >= 11 is 5.43. The predicted molar refractivity (Wildman–Crippen MR) is 112 cm³/mol. The fourth-order valence-corrected chi connectivity index (χ4v) is 3.36. The normalized spacial score (nSPS) is 15.6. The molecular weight excluding hydrogens is 377 g/mol. The molecular formula is C21H26FN3O2S. The molecule has 3 rings (SSSR count). The van der Waals surface area contributed by atoms with E-state index in [0.717, 1.165) is 37.6 Å². The summed E-state index contributed by atoms with van der Waals surface area (Å²) in [6.07, 6.45) is 0. The van der Waals surface area contributed by atoms with Crippen LogP contribution in [-0.4, -0.2) is 50.0 Å². The van der Waals surface area contributed by atoms with Gasteiger partial charge in [-0.2, -0.15) is 0 Å². The van der Waals surface area contributed by atoms with Gasteiger partial charge in [0, 0.05) is 26.2 Å². The third-order valence-corrected chi connectivity index (χ3v) is 5.10. The molecule has 150 valence electrons. The molecule has 2 aromatic rings. The summed E-state index contributed by atoms with van der Waals surface area (Å²) in [5.74, 6) is 0.603. The van der Waals surface area contributed by atoms with Gasteiger partial charge in [-0.3, -0.25) is 4.90 Å². The molecule has 0 aliphatic carbocycles. The minimum Gasteiger partial charge on any atom is -0.497 e. The molecule has 7 heteroatoms. The Balaban J connectivity index is 1.58. The first-order valence-corrected chi connectivity index (χ1v) is 9.78. The Hall–Kier alpha value is -2.22. The number of morpholine rings is 1. The number of ether oxygens (including phenoxy) is 2. The van der Waals surface area contributed by atoms with Crippen LogP contribution in [-0.2, 0) is 11.3 Å². The average Bonchev–Trinajstić information content (AvgIpc) is 2.74. The molecule has 0 spiro atoms. The van der Waals surface area contributed by atoms with Gasteiger partial charge in [0.2, 0.25) is 0 Å². The smallest absolute Gasteiger partial charge is 0.166 e. The standard InChI is InChI=1S/C21H26FN3O2S/c1-26-19-8-4-17(5-9-19)20(25-10-12-27-13-11-25)15-24-21(28)23-14-16-2-6-18(22)7-3-16/h2-9,20H,10-15H2,1H3,(H2,23,24,28). The van der Waals surface area contributed by atoms with Crippen molar-refractivity contribution in [2.75, 3.05) is 40.0 Å². The van der Waals surface area contributed by atoms with Crippen molar-refractivity contribution in [2.24, 2.45) is 0 Å². The van der Waals surface area contributed by atoms with Crippen molar-refractivity contribution in [1.29, 1.82) is 0 Å². The second kappa shape index (κ2) is 10.4. The molecule has 0 aromatic heterocycles. The molecule has 0 radical (unpaired) electrons. The van der Waals surface area contributed by atoms with E-state index in [1.54, 1.807) is 19.2 Å². The van der Waals surface area contributed by atoms with Gasteiger partial charge < -0.3 is 20.1 Å². The summed E-state index contributed by atoms with van der Waals surface area (Å²) in [5, 5.41) is 7.08. The van der Waals surface area contributed by atoms with Crippen LogP contribution in [0.25, 0.3) is 0 Å². The van der Waals surface area contributed by atoms with Gasteiger partial charge in [0.1, 0.15) is 11.6 Å². The van der Waals surface area contributed by atoms with Crippen LogP contribution in [0.15, 0.2) is 48.5 Å². The quantitative estimate of drug-likeness (QED) is 0.694. The zero-order valence-corrected chi connectivity index (χ0v) is 16.8. The van der Waals surface area contributed by atoms with Crippen LogP contribution in [0.4, 0.5) is 4.39 Å². The van der Waals surface area contributed by atoms with Crippen molar-refractivity contribution in [3.8, 4) is 5.75 Å². The second-order valence-corrected chi connectivity index (χ2v) is 7.04. The fourth-order valence-electron chi connectivity index (χ4n) is 3.21. The van der Waals surface area contributed by atoms with Crippen molar-refractivity contribution in [1.82, 2.24) is 15.5 Å². The second-order valence-electron chi connectivity index (χ2n) is 6.63. The Kier molecular flexibility index (Phi) is 7.59. The van der Waals surface area contributed by atoms with Crippen LogP contribution in [0.5, 0.6) is 5.75 Å². The summed E-state index contributed by atoms with van der Waals surface area (Å²) in [6, 6.07) is 14.7. The SMILES string of the molecule is COc1ccc(C(CNC(=S)NCc2ccc(F)cc2)N2CCOCC2)cc1. The first kappa shape index (κ1) is 20.5. The van der Waals surface area contributed by atoms with Gasteiger partial charge >= 0.3 is 0 Å². The maximum absolute atomic E-state index is 13.0. The first-order valence-electron chi connectivity index (χ1n) is 9.37. The molecule has 1 aliphatic heterocycles. The summed E-state index contributed by atoms with van der Waals surface area (Å²) in [4.78, 5) is 2.40. The minimum absolute atomic E-state index is 0.181. The molecule has 0 bridgehead atoms. The summed E-state index contributed by atoms with van der Waals surface area (Å²) in [7, 11) is 1.67. The molecule has 1 heterocycles. The van der Waals surface area contributed by atoms with Gasteiger partial charge in [-0.15, -0.1) is 0 Å². The van der Waals surface area contributed by atoms with Crippen LogP contribution in [0.3, 0.4) is 0 Å². The highest BCUT2D eigenvalue weighted by molar-refractivity contribution is 7.80. The predicted octanol–water partition coefficient (Wildman–Crippen LogP) is 2.87. The van der Waals surface area contributed by atoms with Crippen molar-refractivity contribution in [3.05, 3.63) is 65.5 Å². The number of hydrogen-bond donors (Lipinski definition) is 2. The highest BCUT2D eigenvalue weighted by Crippen LogP contribution is 2.23. The van der Waals surface area contributed by atoms with E-state index in [-0.39, 0.29) is 11.9 Å². The van der Waals surface area contributed by atoms with Gasteiger partial charge in [-0.1, -0.05) is 24.3 Å². The number of hydrogen-bond acceptors (Lipinski definition) is 4. The molecule has 1 saturated heterocycles. The highest BCUT2D eigenvalue weighted by Gasteiger charge is 2.22. The molecule has 1 unspecified atom stereocenters. The molecule has 2 N–H and O–H groups in total. The van der Waals surface area contributed by atoms with Crippen molar-refractivity contribution in [3.63, 3.8) is 0 Å². The van der Waals surface area contributed by atoms with Crippen molar-refractivity contribution < 1.29 is 13.9 Å². The van der Waals surface area contributed by atoms with Crippen LogP contribution in [0.2, 0.25) is 0 Å². The highest BCUT2D eigenvalue weighted by atomic mass is 32.1. The van der Waals surface area contributed by atoms with Crippen LogP contribution in [0.1, 0.15) is 17.2 Å². The topological polar surface area (TPSA) is 45.8 Å². The van der Waals surface area contributed by atoms with Crippen LogP contribution < -0.4 is 15.4 Å². The molecule has 28 heavy (non-hydrogen) atoms. The maximum atomic E-state index is 13.0. The zero-order chi connectivity index (χ0) is 19.8. The van der Waals surface area contributed by atoms with Gasteiger partial charge in [0.25, 0.3) is 0 Å². The average molecular weight is 404 g/mol. The Morgan fingerprint density at radius 2 is 1.79 bits per heavy atom. The van der Waals surface area contributed by atoms with Gasteiger partial charge in [-0.25, -0.2) is 4.39 Å². The molecule has 1 aliphatic rings.